The minimum Gasteiger partial charge on any atom is -0.294 e. The molecule has 0 spiro atoms. The predicted molar refractivity (Wildman–Crippen MR) is 76.1 cm³/mol. The number of rotatable bonds is 6. The summed E-state index contributed by atoms with van der Waals surface area (Å²) in [6.45, 7) is 5.86. The summed E-state index contributed by atoms with van der Waals surface area (Å²) in [6.07, 6.45) is 0.320. The van der Waals surface area contributed by atoms with E-state index in [1.807, 2.05) is 13.8 Å². The summed E-state index contributed by atoms with van der Waals surface area (Å²) in [7, 11) is -3.68. The normalized spacial score (nSPS) is 11.8. The number of halogens is 1. The fourth-order valence-electron chi connectivity index (χ4n) is 1.44. The van der Waals surface area contributed by atoms with Crippen molar-refractivity contribution < 1.29 is 13.2 Å². The molecule has 19 heavy (non-hydrogen) atoms. The lowest BCUT2D eigenvalue weighted by Gasteiger charge is -2.11. The van der Waals surface area contributed by atoms with Gasteiger partial charge in [-0.05, 0) is 24.1 Å². The number of carbonyl (C=O) groups is 1. The van der Waals surface area contributed by atoms with Gasteiger partial charge in [-0.3, -0.25) is 4.79 Å². The average molecular weight is 304 g/mol. The zero-order valence-electron chi connectivity index (χ0n) is 11.2. The molecule has 1 aromatic carbocycles. The molecule has 0 unspecified atom stereocenters. The largest absolute Gasteiger partial charge is 0.294 e. The van der Waals surface area contributed by atoms with Gasteiger partial charge in [0.25, 0.3) is 0 Å². The van der Waals surface area contributed by atoms with Gasteiger partial charge in [0.1, 0.15) is 4.90 Å². The van der Waals surface area contributed by atoms with Crippen LogP contribution in [-0.4, -0.2) is 20.7 Å². The number of carbonyl (C=O) groups excluding carboxylic acids is 1. The van der Waals surface area contributed by atoms with Gasteiger partial charge in [0.05, 0.1) is 5.02 Å². The van der Waals surface area contributed by atoms with Crippen LogP contribution in [0.2, 0.25) is 5.02 Å². The van der Waals surface area contributed by atoms with Crippen LogP contribution in [-0.2, 0) is 10.0 Å². The summed E-state index contributed by atoms with van der Waals surface area (Å²) in [5, 5.41) is 0.115. The van der Waals surface area contributed by atoms with Gasteiger partial charge in [0.2, 0.25) is 10.0 Å². The van der Waals surface area contributed by atoms with E-state index >= 15 is 0 Å². The third kappa shape index (κ3) is 4.30. The molecule has 1 rings (SSSR count). The SMILES string of the molecule is CCC(=O)c1ccc(Cl)c(S(=O)(=O)NCC(C)C)c1. The molecule has 0 aliphatic carbocycles. The Balaban J connectivity index is 3.15. The van der Waals surface area contributed by atoms with Crippen LogP contribution >= 0.6 is 11.6 Å². The van der Waals surface area contributed by atoms with Crippen molar-refractivity contribution in [1.29, 1.82) is 0 Å². The van der Waals surface area contributed by atoms with E-state index in [9.17, 15) is 13.2 Å². The second-order valence-corrected chi connectivity index (χ2v) is 6.81. The first-order valence-electron chi connectivity index (χ1n) is 6.10. The van der Waals surface area contributed by atoms with Crippen molar-refractivity contribution in [3.63, 3.8) is 0 Å². The molecular weight excluding hydrogens is 286 g/mol. The van der Waals surface area contributed by atoms with Gasteiger partial charge < -0.3 is 0 Å². The first-order valence-corrected chi connectivity index (χ1v) is 7.96. The van der Waals surface area contributed by atoms with Gasteiger partial charge in [-0.1, -0.05) is 32.4 Å². The quantitative estimate of drug-likeness (QED) is 0.822. The van der Waals surface area contributed by atoms with Crippen molar-refractivity contribution in [2.24, 2.45) is 5.92 Å². The number of benzene rings is 1. The highest BCUT2D eigenvalue weighted by Crippen LogP contribution is 2.23. The number of sulfonamides is 1. The van der Waals surface area contributed by atoms with Crippen LogP contribution in [0.15, 0.2) is 23.1 Å². The third-order valence-electron chi connectivity index (χ3n) is 2.55. The van der Waals surface area contributed by atoms with Crippen LogP contribution < -0.4 is 4.72 Å². The Morgan fingerprint density at radius 3 is 2.53 bits per heavy atom. The van der Waals surface area contributed by atoms with Gasteiger partial charge >= 0.3 is 0 Å². The molecular formula is C13H18ClNO3S. The summed E-state index contributed by atoms with van der Waals surface area (Å²) in [4.78, 5) is 11.6. The standard InChI is InChI=1S/C13H18ClNO3S/c1-4-12(16)10-5-6-11(14)13(7-10)19(17,18)15-8-9(2)3/h5-7,9,15H,4,8H2,1-3H3. The molecule has 4 nitrogen and oxygen atoms in total. The zero-order chi connectivity index (χ0) is 14.6. The fourth-order valence-corrected chi connectivity index (χ4v) is 3.18. The Labute approximate surface area is 119 Å². The molecule has 1 aromatic rings. The Hall–Kier alpha value is -0.910. The summed E-state index contributed by atoms with van der Waals surface area (Å²) in [5.74, 6) is 0.0750. The van der Waals surface area contributed by atoms with Gasteiger partial charge in [0.15, 0.2) is 5.78 Å². The van der Waals surface area contributed by atoms with Crippen molar-refractivity contribution in [3.8, 4) is 0 Å². The topological polar surface area (TPSA) is 63.2 Å². The van der Waals surface area contributed by atoms with Crippen LogP contribution in [0.4, 0.5) is 0 Å². The molecule has 0 aliphatic rings. The van der Waals surface area contributed by atoms with Crippen LogP contribution in [0.1, 0.15) is 37.6 Å². The molecule has 0 radical (unpaired) electrons. The van der Waals surface area contributed by atoms with E-state index in [0.717, 1.165) is 0 Å². The maximum absolute atomic E-state index is 12.1. The van der Waals surface area contributed by atoms with E-state index in [1.165, 1.54) is 18.2 Å². The van der Waals surface area contributed by atoms with Gasteiger partial charge in [-0.25, -0.2) is 13.1 Å². The van der Waals surface area contributed by atoms with Crippen molar-refractivity contribution in [1.82, 2.24) is 4.72 Å². The molecule has 0 aliphatic heterocycles. The van der Waals surface area contributed by atoms with E-state index in [-0.39, 0.29) is 21.6 Å². The van der Waals surface area contributed by atoms with E-state index < -0.39 is 10.0 Å². The predicted octanol–water partition coefficient (Wildman–Crippen LogP) is 2.87. The second-order valence-electron chi connectivity index (χ2n) is 4.67. The van der Waals surface area contributed by atoms with Crippen molar-refractivity contribution in [2.45, 2.75) is 32.1 Å². The summed E-state index contributed by atoms with van der Waals surface area (Å²) in [5.41, 5.74) is 0.358. The van der Waals surface area contributed by atoms with Crippen molar-refractivity contribution in [2.75, 3.05) is 6.54 Å². The van der Waals surface area contributed by atoms with Gasteiger partial charge in [-0.15, -0.1) is 0 Å². The lowest BCUT2D eigenvalue weighted by atomic mass is 10.1. The molecule has 0 amide bonds. The Morgan fingerprint density at radius 2 is 2.00 bits per heavy atom. The highest BCUT2D eigenvalue weighted by Gasteiger charge is 2.19. The minimum atomic E-state index is -3.68. The van der Waals surface area contributed by atoms with Crippen molar-refractivity contribution in [3.05, 3.63) is 28.8 Å². The highest BCUT2D eigenvalue weighted by atomic mass is 35.5. The first-order chi connectivity index (χ1) is 8.77. The molecule has 0 fully saturated rings. The Morgan fingerprint density at radius 1 is 1.37 bits per heavy atom. The van der Waals surface area contributed by atoms with Crippen LogP contribution in [0.25, 0.3) is 0 Å². The lowest BCUT2D eigenvalue weighted by Crippen LogP contribution is -2.28. The lowest BCUT2D eigenvalue weighted by molar-refractivity contribution is 0.0988. The summed E-state index contributed by atoms with van der Waals surface area (Å²) >= 11 is 5.91. The van der Waals surface area contributed by atoms with Crippen LogP contribution in [0, 0.1) is 5.92 Å². The van der Waals surface area contributed by atoms with Crippen LogP contribution in [0.5, 0.6) is 0 Å². The molecule has 0 saturated carbocycles. The monoisotopic (exact) mass is 303 g/mol. The summed E-state index contributed by atoms with van der Waals surface area (Å²) in [6, 6.07) is 4.31. The summed E-state index contributed by atoms with van der Waals surface area (Å²) < 4.78 is 26.7. The maximum atomic E-state index is 12.1. The first kappa shape index (κ1) is 16.1. The van der Waals surface area contributed by atoms with Gasteiger partial charge in [0, 0.05) is 18.5 Å². The average Bonchev–Trinajstić information content (AvgIpc) is 2.36. The Bertz CT molecular complexity index is 567. The van der Waals surface area contributed by atoms with E-state index in [4.69, 9.17) is 11.6 Å². The van der Waals surface area contributed by atoms with Crippen LogP contribution in [0.3, 0.4) is 0 Å². The highest BCUT2D eigenvalue weighted by molar-refractivity contribution is 7.89. The van der Waals surface area contributed by atoms with E-state index in [1.54, 1.807) is 6.92 Å². The van der Waals surface area contributed by atoms with E-state index in [2.05, 4.69) is 4.72 Å². The number of hydrogen-bond acceptors (Lipinski definition) is 3. The molecule has 0 atom stereocenters. The van der Waals surface area contributed by atoms with E-state index in [0.29, 0.717) is 18.5 Å². The van der Waals surface area contributed by atoms with Crippen molar-refractivity contribution >= 4 is 27.4 Å². The zero-order valence-corrected chi connectivity index (χ0v) is 12.8. The fraction of sp³-hybridized carbons (Fsp3) is 0.462. The maximum Gasteiger partial charge on any atom is 0.242 e. The van der Waals surface area contributed by atoms with Gasteiger partial charge in [-0.2, -0.15) is 0 Å². The minimum absolute atomic E-state index is 0.0471. The second kappa shape index (κ2) is 6.50. The molecule has 0 bridgehead atoms. The Kier molecular flexibility index (Phi) is 5.52. The number of Topliss-reactive ketones (excluding diaryl/α,β-unsaturated/α-hetero) is 1. The molecule has 0 heterocycles. The molecule has 0 aromatic heterocycles. The third-order valence-corrected chi connectivity index (χ3v) is 4.45. The number of hydrogen-bond donors (Lipinski definition) is 1. The number of ketones is 1. The molecule has 6 heteroatoms. The molecule has 106 valence electrons. The number of nitrogens with one attached hydrogen (secondary N) is 1. The molecule has 1 N–H and O–H groups in total. The smallest absolute Gasteiger partial charge is 0.242 e. The molecule has 0 saturated heterocycles.